The van der Waals surface area contributed by atoms with Gasteiger partial charge in [0.15, 0.2) is 0 Å². The molecular weight excluding hydrogens is 198 g/mol. The first kappa shape index (κ1) is 11.9. The van der Waals surface area contributed by atoms with Crippen LogP contribution < -0.4 is 5.32 Å². The first-order chi connectivity index (χ1) is 7.61. The highest BCUT2D eigenvalue weighted by molar-refractivity contribution is 4.93. The van der Waals surface area contributed by atoms with Crippen molar-refractivity contribution in [3.05, 3.63) is 0 Å². The van der Waals surface area contributed by atoms with Gasteiger partial charge in [-0.15, -0.1) is 0 Å². The minimum absolute atomic E-state index is 0.142. The second-order valence-electron chi connectivity index (χ2n) is 6.04. The number of hydrogen-bond donors (Lipinski definition) is 1. The molecule has 0 aliphatic carbocycles. The van der Waals surface area contributed by atoms with E-state index in [4.69, 9.17) is 5.26 Å². The van der Waals surface area contributed by atoms with Crippen molar-refractivity contribution >= 4 is 0 Å². The summed E-state index contributed by atoms with van der Waals surface area (Å²) in [4.78, 5) is 2.59. The van der Waals surface area contributed by atoms with Crippen LogP contribution in [0.4, 0.5) is 0 Å². The minimum atomic E-state index is -0.142. The standard InChI is InChI=1S/C13H23N3/c1-13(2,10-14)4-3-5-16-8-11-6-15-7-12(11)9-16/h11-12,15H,3-9H2,1-2H3. The normalized spacial score (nSPS) is 30.3. The molecule has 3 heteroatoms. The van der Waals surface area contributed by atoms with E-state index >= 15 is 0 Å². The van der Waals surface area contributed by atoms with Crippen LogP contribution in [0.15, 0.2) is 0 Å². The molecule has 2 atom stereocenters. The molecule has 2 rings (SSSR count). The van der Waals surface area contributed by atoms with Crippen molar-refractivity contribution in [1.29, 1.82) is 5.26 Å². The molecule has 2 heterocycles. The van der Waals surface area contributed by atoms with Crippen molar-refractivity contribution in [3.63, 3.8) is 0 Å². The summed E-state index contributed by atoms with van der Waals surface area (Å²) in [7, 11) is 0. The molecule has 0 aromatic rings. The van der Waals surface area contributed by atoms with Crippen LogP contribution in [0.5, 0.6) is 0 Å². The van der Waals surface area contributed by atoms with Gasteiger partial charge in [0.25, 0.3) is 0 Å². The second kappa shape index (κ2) is 4.73. The molecule has 0 aromatic heterocycles. The van der Waals surface area contributed by atoms with Crippen LogP contribution in [-0.4, -0.2) is 37.6 Å². The van der Waals surface area contributed by atoms with E-state index in [0.29, 0.717) is 0 Å². The fourth-order valence-electron chi connectivity index (χ4n) is 2.94. The number of rotatable bonds is 4. The third kappa shape index (κ3) is 2.75. The number of nitrogens with zero attached hydrogens (tertiary/aromatic N) is 2. The summed E-state index contributed by atoms with van der Waals surface area (Å²) >= 11 is 0. The highest BCUT2D eigenvalue weighted by Crippen LogP contribution is 2.27. The molecule has 0 radical (unpaired) electrons. The van der Waals surface area contributed by atoms with Gasteiger partial charge in [0.05, 0.1) is 11.5 Å². The van der Waals surface area contributed by atoms with Gasteiger partial charge in [-0.1, -0.05) is 0 Å². The highest BCUT2D eigenvalue weighted by Gasteiger charge is 2.35. The smallest absolute Gasteiger partial charge is 0.0683 e. The maximum atomic E-state index is 8.95. The monoisotopic (exact) mass is 221 g/mol. The molecule has 0 bridgehead atoms. The number of nitriles is 1. The van der Waals surface area contributed by atoms with E-state index in [1.165, 1.54) is 32.7 Å². The van der Waals surface area contributed by atoms with Crippen molar-refractivity contribution in [2.24, 2.45) is 17.3 Å². The third-order valence-corrected chi connectivity index (χ3v) is 4.04. The Balaban J connectivity index is 1.67. The summed E-state index contributed by atoms with van der Waals surface area (Å²) in [5.41, 5.74) is -0.142. The Morgan fingerprint density at radius 2 is 1.94 bits per heavy atom. The van der Waals surface area contributed by atoms with Crippen LogP contribution >= 0.6 is 0 Å². The van der Waals surface area contributed by atoms with Gasteiger partial charge < -0.3 is 10.2 Å². The lowest BCUT2D eigenvalue weighted by Crippen LogP contribution is -2.27. The molecule has 0 saturated carbocycles. The van der Waals surface area contributed by atoms with E-state index < -0.39 is 0 Å². The molecule has 2 aliphatic rings. The Kier molecular flexibility index (Phi) is 3.51. The van der Waals surface area contributed by atoms with Gasteiger partial charge in [-0.25, -0.2) is 0 Å². The average Bonchev–Trinajstić information content (AvgIpc) is 2.77. The van der Waals surface area contributed by atoms with Gasteiger partial charge in [0.1, 0.15) is 0 Å². The molecule has 2 aliphatic heterocycles. The van der Waals surface area contributed by atoms with E-state index in [2.05, 4.69) is 16.3 Å². The van der Waals surface area contributed by atoms with Crippen LogP contribution in [0.25, 0.3) is 0 Å². The summed E-state index contributed by atoms with van der Waals surface area (Å²) in [6, 6.07) is 2.38. The molecule has 0 aromatic carbocycles. The van der Waals surface area contributed by atoms with E-state index in [9.17, 15) is 0 Å². The summed E-state index contributed by atoms with van der Waals surface area (Å²) < 4.78 is 0. The Bertz CT molecular complexity index is 267. The first-order valence-electron chi connectivity index (χ1n) is 6.45. The Hall–Kier alpha value is -0.590. The van der Waals surface area contributed by atoms with E-state index in [0.717, 1.165) is 24.7 Å². The lowest BCUT2D eigenvalue weighted by molar-refractivity contribution is 0.288. The molecular formula is C13H23N3. The largest absolute Gasteiger partial charge is 0.316 e. The molecule has 2 unspecified atom stereocenters. The average molecular weight is 221 g/mol. The first-order valence-corrected chi connectivity index (χ1v) is 6.45. The molecule has 0 amide bonds. The second-order valence-corrected chi connectivity index (χ2v) is 6.04. The molecule has 0 spiro atoms. The number of nitrogens with one attached hydrogen (secondary N) is 1. The van der Waals surface area contributed by atoms with Gasteiger partial charge >= 0.3 is 0 Å². The zero-order valence-electron chi connectivity index (χ0n) is 10.5. The van der Waals surface area contributed by atoms with E-state index in [-0.39, 0.29) is 5.41 Å². The van der Waals surface area contributed by atoms with Crippen molar-refractivity contribution in [3.8, 4) is 6.07 Å². The Morgan fingerprint density at radius 1 is 1.31 bits per heavy atom. The van der Waals surface area contributed by atoms with Crippen LogP contribution in [0, 0.1) is 28.6 Å². The Morgan fingerprint density at radius 3 is 2.50 bits per heavy atom. The van der Waals surface area contributed by atoms with Gasteiger partial charge in [-0.05, 0) is 58.2 Å². The lowest BCUT2D eigenvalue weighted by atomic mass is 9.90. The summed E-state index contributed by atoms with van der Waals surface area (Å²) in [6.07, 6.45) is 2.18. The number of hydrogen-bond acceptors (Lipinski definition) is 3. The summed E-state index contributed by atoms with van der Waals surface area (Å²) in [6.45, 7) is 10.2. The molecule has 2 fully saturated rings. The highest BCUT2D eigenvalue weighted by atomic mass is 15.2. The molecule has 16 heavy (non-hydrogen) atoms. The van der Waals surface area contributed by atoms with E-state index in [1.54, 1.807) is 0 Å². The maximum absolute atomic E-state index is 8.95. The minimum Gasteiger partial charge on any atom is -0.316 e. The van der Waals surface area contributed by atoms with Crippen LogP contribution in [0.3, 0.4) is 0 Å². The van der Waals surface area contributed by atoms with Gasteiger partial charge in [-0.2, -0.15) is 5.26 Å². The predicted molar refractivity (Wildman–Crippen MR) is 64.9 cm³/mol. The number of fused-ring (bicyclic) bond motifs is 1. The molecule has 2 saturated heterocycles. The predicted octanol–water partition coefficient (Wildman–Crippen LogP) is 1.47. The van der Waals surface area contributed by atoms with Crippen LogP contribution in [0.2, 0.25) is 0 Å². The van der Waals surface area contributed by atoms with Crippen molar-refractivity contribution in [1.82, 2.24) is 10.2 Å². The Labute approximate surface area is 98.8 Å². The summed E-state index contributed by atoms with van der Waals surface area (Å²) in [5, 5.41) is 12.4. The van der Waals surface area contributed by atoms with Crippen LogP contribution in [0.1, 0.15) is 26.7 Å². The molecule has 90 valence electrons. The molecule has 3 nitrogen and oxygen atoms in total. The van der Waals surface area contributed by atoms with Crippen molar-refractivity contribution < 1.29 is 0 Å². The molecule has 1 N–H and O–H groups in total. The quantitative estimate of drug-likeness (QED) is 0.781. The fraction of sp³-hybridized carbons (Fsp3) is 0.923. The maximum Gasteiger partial charge on any atom is 0.0683 e. The zero-order chi connectivity index (χ0) is 11.6. The van der Waals surface area contributed by atoms with Gasteiger partial charge in [0.2, 0.25) is 0 Å². The summed E-state index contributed by atoms with van der Waals surface area (Å²) in [5.74, 6) is 1.79. The van der Waals surface area contributed by atoms with Crippen LogP contribution in [-0.2, 0) is 0 Å². The van der Waals surface area contributed by atoms with Crippen molar-refractivity contribution in [2.75, 3.05) is 32.7 Å². The fourth-order valence-corrected chi connectivity index (χ4v) is 2.94. The van der Waals surface area contributed by atoms with Crippen molar-refractivity contribution in [2.45, 2.75) is 26.7 Å². The number of likely N-dealkylation sites (tertiary alicyclic amines) is 1. The lowest BCUT2D eigenvalue weighted by Gasteiger charge is -2.20. The van der Waals surface area contributed by atoms with E-state index in [1.807, 2.05) is 13.8 Å². The van der Waals surface area contributed by atoms with Gasteiger partial charge in [0, 0.05) is 13.1 Å². The third-order valence-electron chi connectivity index (χ3n) is 4.04. The topological polar surface area (TPSA) is 39.1 Å². The SMILES string of the molecule is CC(C)(C#N)CCCN1CC2CNCC2C1. The zero-order valence-corrected chi connectivity index (χ0v) is 10.5. The van der Waals surface area contributed by atoms with Gasteiger partial charge in [-0.3, -0.25) is 0 Å².